The van der Waals surface area contributed by atoms with E-state index in [9.17, 15) is 14.7 Å². The number of piperazine rings is 1. The van der Waals surface area contributed by atoms with Crippen LogP contribution in [-0.2, 0) is 16.6 Å². The van der Waals surface area contributed by atoms with E-state index in [2.05, 4.69) is 0 Å². The van der Waals surface area contributed by atoms with Crippen molar-refractivity contribution in [2.75, 3.05) is 26.2 Å². The van der Waals surface area contributed by atoms with Crippen LogP contribution in [0.2, 0.25) is 0 Å². The van der Waals surface area contributed by atoms with Gasteiger partial charge < -0.3 is 24.2 Å². The first-order chi connectivity index (χ1) is 15.6. The molecule has 1 aliphatic heterocycles. The Morgan fingerprint density at radius 2 is 1.61 bits per heavy atom. The van der Waals surface area contributed by atoms with Gasteiger partial charge in [-0.15, -0.1) is 0 Å². The van der Waals surface area contributed by atoms with Crippen LogP contribution in [0.1, 0.15) is 64.4 Å². The number of fused-ring (bicyclic) bond motifs is 1. The van der Waals surface area contributed by atoms with Crippen LogP contribution in [0.25, 0.3) is 10.9 Å². The summed E-state index contributed by atoms with van der Waals surface area (Å²) in [5.41, 5.74) is 0.353. The highest BCUT2D eigenvalue weighted by molar-refractivity contribution is 5.93. The number of carbonyl (C=O) groups is 2. The SMILES string of the molecule is Cn1cc(C(C(=O)N2CCN(C(=O)OC(C)(C)C)CC2)C2(O)CCCCC2)c2ccccc21. The summed E-state index contributed by atoms with van der Waals surface area (Å²) in [4.78, 5) is 29.9. The topological polar surface area (TPSA) is 75.0 Å². The van der Waals surface area contributed by atoms with Crippen molar-refractivity contribution in [3.05, 3.63) is 36.0 Å². The van der Waals surface area contributed by atoms with Gasteiger partial charge in [0.15, 0.2) is 0 Å². The lowest BCUT2D eigenvalue weighted by molar-refractivity contribution is -0.143. The first-order valence-corrected chi connectivity index (χ1v) is 12.1. The van der Waals surface area contributed by atoms with Crippen LogP contribution in [0.15, 0.2) is 30.5 Å². The largest absolute Gasteiger partial charge is 0.444 e. The standard InChI is InChI=1S/C26H37N3O4/c1-25(2,3)33-24(31)29-16-14-28(15-17-29)23(30)22(26(32)12-8-5-9-13-26)20-18-27(4)21-11-7-6-10-19(20)21/h6-7,10-11,18,22,32H,5,8-9,12-17H2,1-4H3. The van der Waals surface area contributed by atoms with Crippen molar-refractivity contribution < 1.29 is 19.4 Å². The van der Waals surface area contributed by atoms with Crippen molar-refractivity contribution in [3.63, 3.8) is 0 Å². The molecule has 0 radical (unpaired) electrons. The second-order valence-corrected chi connectivity index (χ2v) is 10.6. The Balaban J connectivity index is 1.59. The third kappa shape index (κ3) is 4.88. The Hall–Kier alpha value is -2.54. The zero-order valence-electron chi connectivity index (χ0n) is 20.3. The molecule has 1 aromatic heterocycles. The number of ether oxygens (including phenoxy) is 1. The third-order valence-corrected chi connectivity index (χ3v) is 6.99. The molecule has 2 fully saturated rings. The summed E-state index contributed by atoms with van der Waals surface area (Å²) in [6.07, 6.45) is 5.87. The molecule has 0 spiro atoms. The predicted octanol–water partition coefficient (Wildman–Crippen LogP) is 4.04. The van der Waals surface area contributed by atoms with E-state index in [1.54, 1.807) is 4.90 Å². The lowest BCUT2D eigenvalue weighted by Crippen LogP contribution is -2.55. The van der Waals surface area contributed by atoms with Gasteiger partial charge in [0, 0.05) is 50.3 Å². The fourth-order valence-corrected chi connectivity index (χ4v) is 5.33. The quantitative estimate of drug-likeness (QED) is 0.758. The number of rotatable bonds is 3. The highest BCUT2D eigenvalue weighted by atomic mass is 16.6. The number of amides is 2. The Bertz CT molecular complexity index is 1010. The normalized spacial score (nSPS) is 20.0. The summed E-state index contributed by atoms with van der Waals surface area (Å²) >= 11 is 0. The van der Waals surface area contributed by atoms with Gasteiger partial charge >= 0.3 is 6.09 Å². The summed E-state index contributed by atoms with van der Waals surface area (Å²) in [6.45, 7) is 7.30. The molecule has 7 nitrogen and oxygen atoms in total. The molecule has 4 rings (SSSR count). The van der Waals surface area contributed by atoms with Crippen LogP contribution < -0.4 is 0 Å². The van der Waals surface area contributed by atoms with E-state index < -0.39 is 17.1 Å². The van der Waals surface area contributed by atoms with Crippen molar-refractivity contribution in [2.24, 2.45) is 7.05 Å². The number of hydrogen-bond acceptors (Lipinski definition) is 4. The van der Waals surface area contributed by atoms with E-state index in [-0.39, 0.29) is 12.0 Å². The van der Waals surface area contributed by atoms with E-state index in [0.717, 1.165) is 35.7 Å². The number of aryl methyl sites for hydroxylation is 1. The lowest BCUT2D eigenvalue weighted by Gasteiger charge is -2.42. The Kier molecular flexibility index (Phi) is 6.45. The molecule has 1 aliphatic carbocycles. The second-order valence-electron chi connectivity index (χ2n) is 10.6. The van der Waals surface area contributed by atoms with Crippen LogP contribution in [-0.4, -0.2) is 68.9 Å². The predicted molar refractivity (Wildman–Crippen MR) is 128 cm³/mol. The average Bonchev–Trinajstić information content (AvgIpc) is 3.09. The molecule has 1 saturated heterocycles. The fourth-order valence-electron chi connectivity index (χ4n) is 5.33. The zero-order valence-corrected chi connectivity index (χ0v) is 20.3. The Morgan fingerprint density at radius 3 is 2.24 bits per heavy atom. The summed E-state index contributed by atoms with van der Waals surface area (Å²) in [5.74, 6) is -0.656. The van der Waals surface area contributed by atoms with Crippen LogP contribution in [0.4, 0.5) is 4.79 Å². The lowest BCUT2D eigenvalue weighted by atomic mass is 9.72. The average molecular weight is 456 g/mol. The van der Waals surface area contributed by atoms with Crippen molar-refractivity contribution in [1.29, 1.82) is 0 Å². The highest BCUT2D eigenvalue weighted by Gasteiger charge is 2.46. The van der Waals surface area contributed by atoms with Crippen molar-refractivity contribution >= 4 is 22.9 Å². The van der Waals surface area contributed by atoms with Gasteiger partial charge in [0.2, 0.25) is 5.91 Å². The molecule has 1 atom stereocenters. The van der Waals surface area contributed by atoms with Crippen LogP contribution >= 0.6 is 0 Å². The van der Waals surface area contributed by atoms with Crippen molar-refractivity contribution in [1.82, 2.24) is 14.4 Å². The van der Waals surface area contributed by atoms with E-state index in [1.807, 2.05) is 67.7 Å². The minimum Gasteiger partial charge on any atom is -0.444 e. The number of benzene rings is 1. The van der Waals surface area contributed by atoms with Crippen LogP contribution in [0.3, 0.4) is 0 Å². The smallest absolute Gasteiger partial charge is 0.410 e. The fraction of sp³-hybridized carbons (Fsp3) is 0.615. The first kappa shape index (κ1) is 23.6. The molecule has 1 aromatic carbocycles. The molecule has 0 bridgehead atoms. The number of para-hydroxylation sites is 1. The Morgan fingerprint density at radius 1 is 1.00 bits per heavy atom. The number of aromatic nitrogens is 1. The number of carbonyl (C=O) groups excluding carboxylic acids is 2. The molecule has 1 unspecified atom stereocenters. The van der Waals surface area contributed by atoms with E-state index in [1.165, 1.54) is 0 Å². The molecule has 1 N–H and O–H groups in total. The van der Waals surface area contributed by atoms with Gasteiger partial charge in [0.05, 0.1) is 11.5 Å². The molecule has 1 saturated carbocycles. The second kappa shape index (κ2) is 9.01. The maximum absolute atomic E-state index is 14.0. The highest BCUT2D eigenvalue weighted by Crippen LogP contribution is 2.43. The maximum Gasteiger partial charge on any atom is 0.410 e. The molecular formula is C26H37N3O4. The first-order valence-electron chi connectivity index (χ1n) is 12.1. The number of hydrogen-bond donors (Lipinski definition) is 1. The van der Waals surface area contributed by atoms with E-state index in [4.69, 9.17) is 4.74 Å². The summed E-state index contributed by atoms with van der Waals surface area (Å²) in [5, 5.41) is 12.8. The number of aliphatic hydroxyl groups is 1. The van der Waals surface area contributed by atoms with Crippen molar-refractivity contribution in [2.45, 2.75) is 70.0 Å². The minimum absolute atomic E-state index is 0.0420. The molecule has 33 heavy (non-hydrogen) atoms. The molecule has 2 amide bonds. The van der Waals surface area contributed by atoms with Crippen LogP contribution in [0, 0.1) is 0 Å². The molecule has 7 heteroatoms. The molecule has 2 aromatic rings. The molecular weight excluding hydrogens is 418 g/mol. The van der Waals surface area contributed by atoms with Crippen LogP contribution in [0.5, 0.6) is 0 Å². The van der Waals surface area contributed by atoms with E-state index in [0.29, 0.717) is 39.0 Å². The van der Waals surface area contributed by atoms with Gasteiger partial charge in [-0.25, -0.2) is 4.79 Å². The van der Waals surface area contributed by atoms with Gasteiger partial charge in [0.25, 0.3) is 0 Å². The number of nitrogens with zero attached hydrogens (tertiary/aromatic N) is 3. The minimum atomic E-state index is -1.05. The summed E-state index contributed by atoms with van der Waals surface area (Å²) in [6, 6.07) is 8.06. The van der Waals surface area contributed by atoms with Gasteiger partial charge in [-0.05, 0) is 45.2 Å². The molecule has 2 heterocycles. The molecule has 180 valence electrons. The van der Waals surface area contributed by atoms with Gasteiger partial charge in [-0.1, -0.05) is 37.5 Å². The van der Waals surface area contributed by atoms with Gasteiger partial charge in [-0.3, -0.25) is 4.79 Å². The summed E-state index contributed by atoms with van der Waals surface area (Å²) in [7, 11) is 1.98. The monoisotopic (exact) mass is 455 g/mol. The third-order valence-electron chi connectivity index (χ3n) is 6.99. The van der Waals surface area contributed by atoms with Gasteiger partial charge in [0.1, 0.15) is 5.60 Å². The maximum atomic E-state index is 14.0. The van der Waals surface area contributed by atoms with Crippen molar-refractivity contribution in [3.8, 4) is 0 Å². The molecule has 2 aliphatic rings. The van der Waals surface area contributed by atoms with Gasteiger partial charge in [-0.2, -0.15) is 0 Å². The summed E-state index contributed by atoms with van der Waals surface area (Å²) < 4.78 is 7.53. The van der Waals surface area contributed by atoms with E-state index >= 15 is 0 Å². The Labute approximate surface area is 196 Å². The zero-order chi connectivity index (χ0) is 23.8.